The van der Waals surface area contributed by atoms with Crippen molar-refractivity contribution in [3.05, 3.63) is 83.4 Å². The lowest BCUT2D eigenvalue weighted by molar-refractivity contribution is 0.0996. The van der Waals surface area contributed by atoms with E-state index in [0.717, 1.165) is 29.0 Å². The molecule has 4 nitrogen and oxygen atoms in total. The predicted octanol–water partition coefficient (Wildman–Crippen LogP) is 4.20. The molecule has 0 saturated carbocycles. The summed E-state index contributed by atoms with van der Waals surface area (Å²) >= 11 is 0. The third kappa shape index (κ3) is 2.71. The van der Waals surface area contributed by atoms with Gasteiger partial charge in [0.2, 0.25) is 5.55 Å². The average Bonchev–Trinajstić information content (AvgIpc) is 2.64. The van der Waals surface area contributed by atoms with Crippen molar-refractivity contribution in [1.82, 2.24) is 0 Å². The van der Waals surface area contributed by atoms with E-state index >= 15 is 0 Å². The van der Waals surface area contributed by atoms with Crippen LogP contribution < -0.4 is 11.3 Å². The van der Waals surface area contributed by atoms with E-state index in [2.05, 4.69) is 4.99 Å². The molecule has 0 bridgehead atoms. The van der Waals surface area contributed by atoms with Crippen LogP contribution in [0.5, 0.6) is 0 Å². The standard InChI is InChI=1S/C20H12F2N2O2/c21-12-6-7-16(22)17(9-12)24-20-15(19(23)25)10-14-13-4-2-1-3-11(13)5-8-18(14)26-20/h1-10H,(H2,23,25). The monoisotopic (exact) mass is 350 g/mol. The van der Waals surface area contributed by atoms with E-state index in [4.69, 9.17) is 10.2 Å². The van der Waals surface area contributed by atoms with Crippen molar-refractivity contribution in [3.63, 3.8) is 0 Å². The Kier molecular flexibility index (Phi) is 3.73. The van der Waals surface area contributed by atoms with Crippen LogP contribution in [0.3, 0.4) is 0 Å². The number of rotatable bonds is 2. The summed E-state index contributed by atoms with van der Waals surface area (Å²) in [6.07, 6.45) is 0. The molecular formula is C20H12F2N2O2. The number of carbonyl (C=O) groups excluding carboxylic acids is 1. The molecule has 4 aromatic rings. The van der Waals surface area contributed by atoms with Crippen molar-refractivity contribution >= 4 is 33.3 Å². The van der Waals surface area contributed by atoms with Gasteiger partial charge in [0, 0.05) is 11.5 Å². The van der Waals surface area contributed by atoms with Crippen LogP contribution in [-0.2, 0) is 0 Å². The molecule has 0 saturated heterocycles. The van der Waals surface area contributed by atoms with E-state index in [1.165, 1.54) is 0 Å². The highest BCUT2D eigenvalue weighted by molar-refractivity contribution is 6.07. The maximum atomic E-state index is 13.9. The summed E-state index contributed by atoms with van der Waals surface area (Å²) in [4.78, 5) is 15.8. The zero-order valence-electron chi connectivity index (χ0n) is 13.4. The minimum atomic E-state index is -0.779. The van der Waals surface area contributed by atoms with Crippen LogP contribution >= 0.6 is 0 Å². The summed E-state index contributed by atoms with van der Waals surface area (Å²) in [5.41, 5.74) is 5.42. The first kappa shape index (κ1) is 16.0. The number of hydrogen-bond acceptors (Lipinski definition) is 3. The average molecular weight is 350 g/mol. The van der Waals surface area contributed by atoms with Crippen molar-refractivity contribution in [2.45, 2.75) is 0 Å². The lowest BCUT2D eigenvalue weighted by Crippen LogP contribution is -2.21. The van der Waals surface area contributed by atoms with Crippen LogP contribution in [0, 0.1) is 11.6 Å². The van der Waals surface area contributed by atoms with Crippen LogP contribution in [0.2, 0.25) is 0 Å². The van der Waals surface area contributed by atoms with E-state index in [1.807, 2.05) is 30.3 Å². The van der Waals surface area contributed by atoms with E-state index in [0.29, 0.717) is 11.0 Å². The Morgan fingerprint density at radius 3 is 2.58 bits per heavy atom. The number of nitrogens with two attached hydrogens (primary N) is 1. The number of primary amides is 1. The van der Waals surface area contributed by atoms with E-state index in [-0.39, 0.29) is 16.8 Å². The van der Waals surface area contributed by atoms with Gasteiger partial charge in [-0.2, -0.15) is 0 Å². The Bertz CT molecular complexity index is 1250. The maximum Gasteiger partial charge on any atom is 0.254 e. The summed E-state index contributed by atoms with van der Waals surface area (Å²) in [7, 11) is 0. The highest BCUT2D eigenvalue weighted by Gasteiger charge is 2.12. The smallest absolute Gasteiger partial charge is 0.254 e. The normalized spacial score (nSPS) is 12.0. The number of carbonyl (C=O) groups is 1. The minimum Gasteiger partial charge on any atom is -0.437 e. The molecule has 3 aromatic carbocycles. The van der Waals surface area contributed by atoms with Gasteiger partial charge in [-0.3, -0.25) is 4.79 Å². The molecule has 26 heavy (non-hydrogen) atoms. The van der Waals surface area contributed by atoms with Crippen LogP contribution in [0.15, 0.2) is 70.1 Å². The Hall–Kier alpha value is -3.54. The fourth-order valence-corrected chi connectivity index (χ4v) is 2.82. The third-order valence-electron chi connectivity index (χ3n) is 4.05. The van der Waals surface area contributed by atoms with Crippen LogP contribution in [0.25, 0.3) is 21.7 Å². The minimum absolute atomic E-state index is 0.0162. The van der Waals surface area contributed by atoms with Gasteiger partial charge in [0.05, 0.1) is 0 Å². The highest BCUT2D eigenvalue weighted by Crippen LogP contribution is 2.25. The van der Waals surface area contributed by atoms with Gasteiger partial charge >= 0.3 is 0 Å². The fourth-order valence-electron chi connectivity index (χ4n) is 2.82. The molecule has 4 rings (SSSR count). The second kappa shape index (κ2) is 6.07. The topological polar surface area (TPSA) is 68.6 Å². The van der Waals surface area contributed by atoms with Crippen molar-refractivity contribution in [2.24, 2.45) is 10.7 Å². The summed E-state index contributed by atoms with van der Waals surface area (Å²) in [6, 6.07) is 15.6. The molecule has 0 fully saturated rings. The number of halogens is 2. The quantitative estimate of drug-likeness (QED) is 0.551. The zero-order valence-corrected chi connectivity index (χ0v) is 13.4. The molecule has 6 heteroatoms. The summed E-state index contributed by atoms with van der Waals surface area (Å²) in [5.74, 6) is -2.17. The largest absolute Gasteiger partial charge is 0.437 e. The predicted molar refractivity (Wildman–Crippen MR) is 93.8 cm³/mol. The van der Waals surface area contributed by atoms with E-state index < -0.39 is 17.5 Å². The molecule has 0 aliphatic carbocycles. The Balaban J connectivity index is 2.07. The lowest BCUT2D eigenvalue weighted by Gasteiger charge is -2.06. The molecule has 0 aliphatic heterocycles. The molecule has 0 aliphatic rings. The third-order valence-corrected chi connectivity index (χ3v) is 4.05. The molecule has 0 atom stereocenters. The second-order valence-electron chi connectivity index (χ2n) is 5.74. The van der Waals surface area contributed by atoms with Crippen molar-refractivity contribution in [1.29, 1.82) is 0 Å². The Morgan fingerprint density at radius 1 is 0.962 bits per heavy atom. The zero-order chi connectivity index (χ0) is 18.3. The van der Waals surface area contributed by atoms with Crippen molar-refractivity contribution in [3.8, 4) is 0 Å². The molecular weight excluding hydrogens is 338 g/mol. The molecule has 1 aromatic heterocycles. The summed E-state index contributed by atoms with van der Waals surface area (Å²) < 4.78 is 33.0. The summed E-state index contributed by atoms with van der Waals surface area (Å²) in [6.45, 7) is 0. The highest BCUT2D eigenvalue weighted by atomic mass is 19.1. The maximum absolute atomic E-state index is 13.9. The van der Waals surface area contributed by atoms with Gasteiger partial charge in [-0.25, -0.2) is 13.8 Å². The van der Waals surface area contributed by atoms with Gasteiger partial charge in [0.15, 0.2) is 0 Å². The Morgan fingerprint density at radius 2 is 1.77 bits per heavy atom. The number of benzene rings is 3. The Labute approximate surface area is 146 Å². The second-order valence-corrected chi connectivity index (χ2v) is 5.74. The molecule has 2 N–H and O–H groups in total. The van der Waals surface area contributed by atoms with E-state index in [9.17, 15) is 13.6 Å². The number of nitrogens with zero attached hydrogens (tertiary/aromatic N) is 1. The fraction of sp³-hybridized carbons (Fsp3) is 0. The SMILES string of the molecule is NC(=O)c1cc2c(ccc3ccccc32)oc1=Nc1cc(F)ccc1F. The molecule has 0 radical (unpaired) electrons. The first-order chi connectivity index (χ1) is 12.5. The van der Waals surface area contributed by atoms with Gasteiger partial charge in [-0.15, -0.1) is 0 Å². The van der Waals surface area contributed by atoms with Gasteiger partial charge in [0.25, 0.3) is 5.91 Å². The van der Waals surface area contributed by atoms with Crippen LogP contribution in [0.1, 0.15) is 10.4 Å². The van der Waals surface area contributed by atoms with E-state index in [1.54, 1.807) is 12.1 Å². The van der Waals surface area contributed by atoms with Crippen LogP contribution in [0.4, 0.5) is 14.5 Å². The molecule has 0 unspecified atom stereocenters. The molecule has 128 valence electrons. The van der Waals surface area contributed by atoms with Crippen molar-refractivity contribution < 1.29 is 18.0 Å². The van der Waals surface area contributed by atoms with Gasteiger partial charge in [0.1, 0.15) is 28.5 Å². The van der Waals surface area contributed by atoms with Gasteiger partial charge < -0.3 is 10.2 Å². The molecule has 1 heterocycles. The molecule has 1 amide bonds. The number of hydrogen-bond donors (Lipinski definition) is 1. The first-order valence-corrected chi connectivity index (χ1v) is 7.78. The van der Waals surface area contributed by atoms with Crippen molar-refractivity contribution in [2.75, 3.05) is 0 Å². The van der Waals surface area contributed by atoms with Gasteiger partial charge in [-0.1, -0.05) is 30.3 Å². The van der Waals surface area contributed by atoms with Gasteiger partial charge in [-0.05, 0) is 35.0 Å². The first-order valence-electron chi connectivity index (χ1n) is 7.78. The molecule has 0 spiro atoms. The summed E-state index contributed by atoms with van der Waals surface area (Å²) in [5, 5.41) is 2.52. The van der Waals surface area contributed by atoms with Crippen LogP contribution in [-0.4, -0.2) is 5.91 Å². The lowest BCUT2D eigenvalue weighted by atomic mass is 10.0. The number of amides is 1. The number of fused-ring (bicyclic) bond motifs is 3.